The second-order valence-electron chi connectivity index (χ2n) is 5.01. The smallest absolute Gasteiger partial charge is 0.343 e. The molecule has 2 aromatic rings. The fourth-order valence-corrected chi connectivity index (χ4v) is 2.38. The third-order valence-electron chi connectivity index (χ3n) is 3.37. The molecule has 2 aromatic carbocycles. The second-order valence-corrected chi connectivity index (χ2v) is 5.44. The van der Waals surface area contributed by atoms with Crippen molar-refractivity contribution < 1.29 is 14.3 Å². The van der Waals surface area contributed by atoms with Gasteiger partial charge in [0.2, 0.25) is 0 Å². The van der Waals surface area contributed by atoms with Crippen LogP contribution >= 0.6 is 11.6 Å². The lowest BCUT2D eigenvalue weighted by atomic mass is 10.1. The first kappa shape index (κ1) is 15.4. The molecule has 1 aliphatic rings. The molecule has 0 fully saturated rings. The topological polar surface area (TPSA) is 35.5 Å². The van der Waals surface area contributed by atoms with Crippen molar-refractivity contribution in [3.05, 3.63) is 76.3 Å². The molecule has 23 heavy (non-hydrogen) atoms. The molecule has 0 aliphatic carbocycles. The maximum atomic E-state index is 12.0. The summed E-state index contributed by atoms with van der Waals surface area (Å²) in [4.78, 5) is 12.0. The Labute approximate surface area is 139 Å². The summed E-state index contributed by atoms with van der Waals surface area (Å²) in [7, 11) is 0. The molecule has 116 valence electrons. The maximum absolute atomic E-state index is 12.0. The highest BCUT2D eigenvalue weighted by atomic mass is 35.5. The van der Waals surface area contributed by atoms with Crippen molar-refractivity contribution in [3.8, 4) is 5.75 Å². The zero-order valence-electron chi connectivity index (χ0n) is 12.6. The summed E-state index contributed by atoms with van der Waals surface area (Å²) in [6.07, 6.45) is 3.52. The number of hydrogen-bond acceptors (Lipinski definition) is 3. The van der Waals surface area contributed by atoms with E-state index < -0.39 is 0 Å². The van der Waals surface area contributed by atoms with Crippen LogP contribution in [0.1, 0.15) is 18.1 Å². The SMILES string of the molecule is CCOc1ccc(C2=C/C(=C/c3ccc(Cl)cc3)C(=O)O2)cc1. The zero-order valence-corrected chi connectivity index (χ0v) is 13.3. The van der Waals surface area contributed by atoms with Gasteiger partial charge in [-0.2, -0.15) is 0 Å². The molecule has 3 rings (SSSR count). The van der Waals surface area contributed by atoms with Crippen LogP contribution in [0.4, 0.5) is 0 Å². The molecule has 1 aliphatic heterocycles. The van der Waals surface area contributed by atoms with E-state index in [9.17, 15) is 4.79 Å². The number of rotatable bonds is 4. The number of halogens is 1. The number of cyclic esters (lactones) is 1. The summed E-state index contributed by atoms with van der Waals surface area (Å²) < 4.78 is 10.7. The van der Waals surface area contributed by atoms with Crippen molar-refractivity contribution in [1.29, 1.82) is 0 Å². The summed E-state index contributed by atoms with van der Waals surface area (Å²) >= 11 is 5.86. The van der Waals surface area contributed by atoms with Crippen LogP contribution in [0.15, 0.2) is 60.2 Å². The monoisotopic (exact) mass is 326 g/mol. The number of carbonyl (C=O) groups excluding carboxylic acids is 1. The summed E-state index contributed by atoms with van der Waals surface area (Å²) in [5.74, 6) is 0.972. The Morgan fingerprint density at radius 2 is 1.78 bits per heavy atom. The average Bonchev–Trinajstić information content (AvgIpc) is 2.92. The van der Waals surface area contributed by atoms with Gasteiger partial charge in [0.1, 0.15) is 11.5 Å². The number of esters is 1. The summed E-state index contributed by atoms with van der Waals surface area (Å²) in [5, 5.41) is 0.659. The molecular weight excluding hydrogens is 312 g/mol. The molecule has 4 heteroatoms. The molecule has 0 bridgehead atoms. The largest absolute Gasteiger partial charge is 0.494 e. The van der Waals surface area contributed by atoms with Gasteiger partial charge in [-0.15, -0.1) is 0 Å². The highest BCUT2D eigenvalue weighted by Crippen LogP contribution is 2.28. The molecule has 0 unspecified atom stereocenters. The minimum absolute atomic E-state index is 0.358. The lowest BCUT2D eigenvalue weighted by molar-refractivity contribution is -0.130. The summed E-state index contributed by atoms with van der Waals surface area (Å²) in [6, 6.07) is 14.7. The molecule has 0 N–H and O–H groups in total. The van der Waals surface area contributed by atoms with E-state index >= 15 is 0 Å². The van der Waals surface area contributed by atoms with Gasteiger partial charge in [-0.1, -0.05) is 23.7 Å². The lowest BCUT2D eigenvalue weighted by Gasteiger charge is -2.05. The Morgan fingerprint density at radius 1 is 1.09 bits per heavy atom. The number of benzene rings is 2. The first-order valence-corrected chi connectivity index (χ1v) is 7.68. The average molecular weight is 327 g/mol. The predicted octanol–water partition coefficient (Wildman–Crippen LogP) is 4.72. The van der Waals surface area contributed by atoms with Crippen LogP contribution in [0.3, 0.4) is 0 Å². The lowest BCUT2D eigenvalue weighted by Crippen LogP contribution is -1.97. The third-order valence-corrected chi connectivity index (χ3v) is 3.62. The van der Waals surface area contributed by atoms with E-state index in [1.807, 2.05) is 43.3 Å². The van der Waals surface area contributed by atoms with Gasteiger partial charge in [0.25, 0.3) is 0 Å². The summed E-state index contributed by atoms with van der Waals surface area (Å²) in [6.45, 7) is 2.55. The molecule has 0 spiro atoms. The first-order valence-electron chi connectivity index (χ1n) is 7.30. The predicted molar refractivity (Wildman–Crippen MR) is 91.1 cm³/mol. The quantitative estimate of drug-likeness (QED) is 0.602. The van der Waals surface area contributed by atoms with Crippen LogP contribution < -0.4 is 4.74 Å². The van der Waals surface area contributed by atoms with Crippen molar-refractivity contribution >= 4 is 29.4 Å². The van der Waals surface area contributed by atoms with Crippen LogP contribution in [0.25, 0.3) is 11.8 Å². The first-order chi connectivity index (χ1) is 11.2. The van der Waals surface area contributed by atoms with Crippen LogP contribution in [0.2, 0.25) is 5.02 Å². The van der Waals surface area contributed by atoms with E-state index in [-0.39, 0.29) is 5.97 Å². The molecule has 0 atom stereocenters. The Balaban J connectivity index is 1.84. The standard InChI is InChI=1S/C19H15ClO3/c1-2-22-17-9-5-14(6-10-17)18-12-15(19(21)23-18)11-13-3-7-16(20)8-4-13/h3-12H,2H2,1H3/b15-11-. The van der Waals surface area contributed by atoms with Gasteiger partial charge < -0.3 is 9.47 Å². The normalized spacial score (nSPS) is 15.5. The van der Waals surface area contributed by atoms with E-state index in [0.29, 0.717) is 23.0 Å². The van der Waals surface area contributed by atoms with Gasteiger partial charge in [-0.25, -0.2) is 4.79 Å². The van der Waals surface area contributed by atoms with Crippen molar-refractivity contribution in [3.63, 3.8) is 0 Å². The van der Waals surface area contributed by atoms with Crippen LogP contribution in [-0.4, -0.2) is 12.6 Å². The molecule has 0 radical (unpaired) electrons. The van der Waals surface area contributed by atoms with Gasteiger partial charge in [0, 0.05) is 10.6 Å². The van der Waals surface area contributed by atoms with E-state index in [4.69, 9.17) is 21.1 Å². The Morgan fingerprint density at radius 3 is 2.43 bits per heavy atom. The maximum Gasteiger partial charge on any atom is 0.343 e. The minimum Gasteiger partial charge on any atom is -0.494 e. The van der Waals surface area contributed by atoms with Gasteiger partial charge in [0.15, 0.2) is 0 Å². The fraction of sp³-hybridized carbons (Fsp3) is 0.105. The molecule has 1 heterocycles. The highest BCUT2D eigenvalue weighted by molar-refractivity contribution is 6.30. The number of ether oxygens (including phenoxy) is 2. The van der Waals surface area contributed by atoms with E-state index in [0.717, 1.165) is 16.9 Å². The molecule has 3 nitrogen and oxygen atoms in total. The number of hydrogen-bond donors (Lipinski definition) is 0. The number of carbonyl (C=O) groups is 1. The van der Waals surface area contributed by atoms with Crippen LogP contribution in [0, 0.1) is 0 Å². The molecule has 0 saturated carbocycles. The molecule has 0 saturated heterocycles. The third kappa shape index (κ3) is 3.63. The van der Waals surface area contributed by atoms with Gasteiger partial charge in [-0.05, 0) is 61.0 Å². The Hall–Kier alpha value is -2.52. The zero-order chi connectivity index (χ0) is 16.2. The summed E-state index contributed by atoms with van der Waals surface area (Å²) in [5.41, 5.74) is 2.24. The van der Waals surface area contributed by atoms with Crippen LogP contribution in [0.5, 0.6) is 5.75 Å². The second kappa shape index (κ2) is 6.71. The van der Waals surface area contributed by atoms with E-state index in [1.54, 1.807) is 24.3 Å². The fourth-order valence-electron chi connectivity index (χ4n) is 2.25. The van der Waals surface area contributed by atoms with Gasteiger partial charge in [0.05, 0.1) is 12.2 Å². The molecular formula is C19H15ClO3. The Bertz CT molecular complexity index is 771. The highest BCUT2D eigenvalue weighted by Gasteiger charge is 2.21. The van der Waals surface area contributed by atoms with Crippen LogP contribution in [-0.2, 0) is 9.53 Å². The van der Waals surface area contributed by atoms with E-state index in [1.165, 1.54) is 0 Å². The van der Waals surface area contributed by atoms with Crippen molar-refractivity contribution in [1.82, 2.24) is 0 Å². The van der Waals surface area contributed by atoms with Crippen molar-refractivity contribution in [2.24, 2.45) is 0 Å². The van der Waals surface area contributed by atoms with Crippen molar-refractivity contribution in [2.75, 3.05) is 6.61 Å². The van der Waals surface area contributed by atoms with Gasteiger partial charge >= 0.3 is 5.97 Å². The molecule has 0 amide bonds. The van der Waals surface area contributed by atoms with Crippen molar-refractivity contribution in [2.45, 2.75) is 6.92 Å². The van der Waals surface area contributed by atoms with Gasteiger partial charge in [-0.3, -0.25) is 0 Å². The molecule has 0 aromatic heterocycles. The Kier molecular flexibility index (Phi) is 4.49. The van der Waals surface area contributed by atoms with E-state index in [2.05, 4.69) is 0 Å². The minimum atomic E-state index is -0.358.